The van der Waals surface area contributed by atoms with E-state index in [4.69, 9.17) is 4.42 Å². The van der Waals surface area contributed by atoms with Crippen LogP contribution in [0, 0.1) is 0 Å². The second-order valence-corrected chi connectivity index (χ2v) is 10.2. The molecule has 2 N–H and O–H groups in total. The molecule has 2 aromatic carbocycles. The summed E-state index contributed by atoms with van der Waals surface area (Å²) in [5, 5.41) is 2.64. The zero-order valence-corrected chi connectivity index (χ0v) is 18.5. The summed E-state index contributed by atoms with van der Waals surface area (Å²) in [6.07, 6.45) is 5.78. The number of nitrogens with zero attached hydrogens (tertiary/aromatic N) is 2. The van der Waals surface area contributed by atoms with Crippen LogP contribution in [0.1, 0.15) is 43.9 Å². The number of nitrogens with one attached hydrogen (secondary N) is 2. The van der Waals surface area contributed by atoms with E-state index in [0.29, 0.717) is 28.4 Å². The van der Waals surface area contributed by atoms with E-state index in [2.05, 4.69) is 19.9 Å². The van der Waals surface area contributed by atoms with Crippen LogP contribution in [-0.4, -0.2) is 38.2 Å². The van der Waals surface area contributed by atoms with Gasteiger partial charge in [-0.1, -0.05) is 0 Å². The maximum Gasteiger partial charge on any atom is 0.241 e. The highest BCUT2D eigenvalue weighted by molar-refractivity contribution is 7.93. The molecule has 1 aliphatic heterocycles. The molecule has 2 heterocycles. The number of carbonyl (C=O) groups excluding carboxylic acids is 1. The largest absolute Gasteiger partial charge is 0.440 e. The molecule has 9 heteroatoms. The van der Waals surface area contributed by atoms with Crippen molar-refractivity contribution >= 4 is 44.1 Å². The Hall–Kier alpha value is -3.07. The van der Waals surface area contributed by atoms with Crippen molar-refractivity contribution in [3.8, 4) is 0 Å². The summed E-state index contributed by atoms with van der Waals surface area (Å²) in [7, 11) is -3.84. The van der Waals surface area contributed by atoms with E-state index in [-0.39, 0.29) is 0 Å². The molecule has 1 saturated heterocycles. The van der Waals surface area contributed by atoms with Gasteiger partial charge in [-0.25, -0.2) is 13.4 Å². The van der Waals surface area contributed by atoms with Gasteiger partial charge in [0.25, 0.3) is 0 Å². The van der Waals surface area contributed by atoms with Gasteiger partial charge in [0.15, 0.2) is 11.5 Å². The number of amides is 1. The zero-order chi connectivity index (χ0) is 22.1. The highest BCUT2D eigenvalue weighted by atomic mass is 32.2. The van der Waals surface area contributed by atoms with Crippen LogP contribution in [0.2, 0.25) is 0 Å². The van der Waals surface area contributed by atoms with Gasteiger partial charge in [-0.05, 0) is 74.6 Å². The highest BCUT2D eigenvalue weighted by Gasteiger charge is 2.29. The van der Waals surface area contributed by atoms with Crippen LogP contribution in [0.25, 0.3) is 11.1 Å². The molecule has 0 spiro atoms. The van der Waals surface area contributed by atoms with E-state index in [1.807, 2.05) is 12.1 Å². The molecule has 168 valence electrons. The Morgan fingerprint density at radius 3 is 2.47 bits per heavy atom. The standard InChI is InChI=1S/C23H26N4O4S/c28-22(24-18-8-11-21-20(14-18)25-23(31-21)16-4-5-16)15-32(29,30)26-17-6-9-19(10-7-17)27-12-2-1-3-13-27/h6-11,14,16,26H,1-5,12-13,15H2,(H,24,28). The van der Waals surface area contributed by atoms with Gasteiger partial charge in [0.2, 0.25) is 15.9 Å². The lowest BCUT2D eigenvalue weighted by atomic mass is 10.1. The van der Waals surface area contributed by atoms with Crippen LogP contribution in [0.4, 0.5) is 17.1 Å². The maximum atomic E-state index is 12.5. The fraction of sp³-hybridized carbons (Fsp3) is 0.391. The van der Waals surface area contributed by atoms with Crippen molar-refractivity contribution in [1.82, 2.24) is 4.98 Å². The Balaban J connectivity index is 1.19. The summed E-state index contributed by atoms with van der Waals surface area (Å²) in [6, 6.07) is 12.4. The molecule has 2 aliphatic rings. The molecule has 3 aromatic rings. The Morgan fingerprint density at radius 2 is 1.75 bits per heavy atom. The third-order valence-corrected chi connectivity index (χ3v) is 6.99. The van der Waals surface area contributed by atoms with Crippen LogP contribution in [-0.2, 0) is 14.8 Å². The number of carbonyl (C=O) groups is 1. The summed E-state index contributed by atoms with van der Waals surface area (Å²) < 4.78 is 33.1. The second kappa shape index (κ2) is 8.46. The first-order valence-corrected chi connectivity index (χ1v) is 12.7. The van der Waals surface area contributed by atoms with Crippen LogP contribution in [0.3, 0.4) is 0 Å². The fourth-order valence-corrected chi connectivity index (χ4v) is 4.99. The smallest absolute Gasteiger partial charge is 0.241 e. The quantitative estimate of drug-likeness (QED) is 0.558. The Labute approximate surface area is 187 Å². The first kappa shape index (κ1) is 20.8. The Morgan fingerprint density at radius 1 is 1.03 bits per heavy atom. The number of benzene rings is 2. The third-order valence-electron chi connectivity index (χ3n) is 5.80. The molecule has 1 aliphatic carbocycles. The van der Waals surface area contributed by atoms with Crippen molar-refractivity contribution in [3.05, 3.63) is 48.4 Å². The van der Waals surface area contributed by atoms with E-state index in [9.17, 15) is 13.2 Å². The number of anilines is 3. The number of piperidine rings is 1. The molecule has 2 fully saturated rings. The number of aromatic nitrogens is 1. The predicted octanol–water partition coefficient (Wildman–Crippen LogP) is 4.08. The van der Waals surface area contributed by atoms with Crippen molar-refractivity contribution in [3.63, 3.8) is 0 Å². The number of hydrogen-bond acceptors (Lipinski definition) is 6. The summed E-state index contributed by atoms with van der Waals surface area (Å²) >= 11 is 0. The third kappa shape index (κ3) is 4.88. The zero-order valence-electron chi connectivity index (χ0n) is 17.7. The Bertz CT molecular complexity index is 1230. The van der Waals surface area contributed by atoms with Crippen molar-refractivity contribution in [2.45, 2.75) is 38.0 Å². The highest BCUT2D eigenvalue weighted by Crippen LogP contribution is 2.40. The number of fused-ring (bicyclic) bond motifs is 1. The molecular weight excluding hydrogens is 428 g/mol. The summed E-state index contributed by atoms with van der Waals surface area (Å²) in [4.78, 5) is 19.1. The van der Waals surface area contributed by atoms with Crippen LogP contribution in [0.15, 0.2) is 46.9 Å². The van der Waals surface area contributed by atoms with Gasteiger partial charge in [0, 0.05) is 36.1 Å². The first-order valence-electron chi connectivity index (χ1n) is 11.0. The van der Waals surface area contributed by atoms with Gasteiger partial charge in [-0.15, -0.1) is 0 Å². The van der Waals surface area contributed by atoms with Crippen LogP contribution in [0.5, 0.6) is 0 Å². The Kier molecular flexibility index (Phi) is 5.50. The minimum atomic E-state index is -3.84. The molecule has 1 saturated carbocycles. The van der Waals surface area contributed by atoms with Gasteiger partial charge in [-0.3, -0.25) is 9.52 Å². The molecule has 0 radical (unpaired) electrons. The molecule has 0 bridgehead atoms. The second-order valence-electron chi connectivity index (χ2n) is 8.51. The number of rotatable bonds is 7. The molecule has 1 aromatic heterocycles. The fourth-order valence-electron chi connectivity index (χ4n) is 4.01. The molecule has 0 unspecified atom stereocenters. The van der Waals surface area contributed by atoms with E-state index in [1.54, 1.807) is 30.3 Å². The number of hydrogen-bond donors (Lipinski definition) is 2. The molecule has 5 rings (SSSR count). The average Bonchev–Trinajstić information content (AvgIpc) is 3.53. The molecule has 1 amide bonds. The van der Waals surface area contributed by atoms with Crippen molar-refractivity contribution < 1.29 is 17.6 Å². The van der Waals surface area contributed by atoms with Gasteiger partial charge in [0.05, 0.1) is 0 Å². The average molecular weight is 455 g/mol. The van der Waals surface area contributed by atoms with Gasteiger partial charge in [0.1, 0.15) is 11.3 Å². The lowest BCUT2D eigenvalue weighted by Gasteiger charge is -2.28. The minimum Gasteiger partial charge on any atom is -0.440 e. The normalized spacial score (nSPS) is 16.8. The van der Waals surface area contributed by atoms with E-state index in [0.717, 1.165) is 37.5 Å². The summed E-state index contributed by atoms with van der Waals surface area (Å²) in [5.74, 6) is -0.176. The maximum absolute atomic E-state index is 12.5. The summed E-state index contributed by atoms with van der Waals surface area (Å²) in [6.45, 7) is 2.04. The topological polar surface area (TPSA) is 105 Å². The van der Waals surface area contributed by atoms with Crippen LogP contribution < -0.4 is 14.9 Å². The lowest BCUT2D eigenvalue weighted by molar-refractivity contribution is -0.113. The first-order chi connectivity index (χ1) is 15.4. The van der Waals surface area contributed by atoms with E-state index in [1.165, 1.54) is 19.3 Å². The molecule has 0 atom stereocenters. The van der Waals surface area contributed by atoms with E-state index >= 15 is 0 Å². The monoisotopic (exact) mass is 454 g/mol. The SMILES string of the molecule is O=C(CS(=O)(=O)Nc1ccc(N2CCCCC2)cc1)Nc1ccc2oc(C3CC3)nc2c1. The van der Waals surface area contributed by atoms with Crippen LogP contribution >= 0.6 is 0 Å². The van der Waals surface area contributed by atoms with E-state index < -0.39 is 21.7 Å². The van der Waals surface area contributed by atoms with Gasteiger partial charge >= 0.3 is 0 Å². The lowest BCUT2D eigenvalue weighted by Crippen LogP contribution is -2.29. The number of oxazole rings is 1. The van der Waals surface area contributed by atoms with Crippen molar-refractivity contribution in [2.75, 3.05) is 33.8 Å². The van der Waals surface area contributed by atoms with Gasteiger partial charge < -0.3 is 14.6 Å². The van der Waals surface area contributed by atoms with Gasteiger partial charge in [-0.2, -0.15) is 0 Å². The molecule has 8 nitrogen and oxygen atoms in total. The summed E-state index contributed by atoms with van der Waals surface area (Å²) in [5.41, 5.74) is 3.32. The predicted molar refractivity (Wildman–Crippen MR) is 125 cm³/mol. The molecule has 32 heavy (non-hydrogen) atoms. The molecular formula is C23H26N4O4S. The minimum absolute atomic E-state index is 0.394. The van der Waals surface area contributed by atoms with Crippen molar-refractivity contribution in [2.24, 2.45) is 0 Å². The number of sulfonamides is 1. The van der Waals surface area contributed by atoms with Crippen molar-refractivity contribution in [1.29, 1.82) is 0 Å².